The highest BCUT2D eigenvalue weighted by molar-refractivity contribution is 5.90. The Bertz CT molecular complexity index is 1060. The molecule has 184 valence electrons. The van der Waals surface area contributed by atoms with Crippen LogP contribution < -0.4 is 15.5 Å². The van der Waals surface area contributed by atoms with E-state index in [0.717, 1.165) is 6.20 Å². The number of nitrogens with zero attached hydrogens (tertiary/aromatic N) is 6. The van der Waals surface area contributed by atoms with Gasteiger partial charge in [0.25, 0.3) is 0 Å². The molecule has 4 rings (SSSR count). The van der Waals surface area contributed by atoms with Crippen molar-refractivity contribution >= 4 is 23.8 Å². The number of alkyl halides is 3. The number of cyclic esters (lactones) is 1. The largest absolute Gasteiger partial charge is 0.443 e. The number of aliphatic hydroxyl groups is 1. The standard InChI is InChI=1S/C20H24F3N7O4/c1-10(31)7-14-11(2)30(19(32)34-14)15-8-13(26-18(27-15)29-3-5-33-6-4-29)12-9-25-17(24)28-16(12)20(21,22)23/h8-11,14,31H,3-7H2,1-2H3,(H2,24,25,28)/t10-,11-,14?/m0/s1. The lowest BCUT2D eigenvalue weighted by atomic mass is 10.1. The molecule has 2 aromatic heterocycles. The number of aliphatic hydroxyl groups excluding tert-OH is 1. The van der Waals surface area contributed by atoms with Crippen LogP contribution in [0.3, 0.4) is 0 Å². The smallest absolute Gasteiger partial charge is 0.434 e. The van der Waals surface area contributed by atoms with E-state index in [9.17, 15) is 23.1 Å². The summed E-state index contributed by atoms with van der Waals surface area (Å²) in [6.45, 7) is 4.89. The number of ether oxygens (including phenoxy) is 2. The Morgan fingerprint density at radius 2 is 1.97 bits per heavy atom. The molecule has 2 aliphatic heterocycles. The summed E-state index contributed by atoms with van der Waals surface area (Å²) in [5.41, 5.74) is 3.63. The van der Waals surface area contributed by atoms with Gasteiger partial charge in [-0.25, -0.2) is 19.7 Å². The Morgan fingerprint density at radius 1 is 1.26 bits per heavy atom. The van der Waals surface area contributed by atoms with Crippen molar-refractivity contribution < 1.29 is 32.5 Å². The summed E-state index contributed by atoms with van der Waals surface area (Å²) in [5.74, 6) is -0.349. The second-order valence-electron chi connectivity index (χ2n) is 8.12. The van der Waals surface area contributed by atoms with Gasteiger partial charge in [-0.3, -0.25) is 4.90 Å². The topological polar surface area (TPSA) is 140 Å². The summed E-state index contributed by atoms with van der Waals surface area (Å²) >= 11 is 0. The van der Waals surface area contributed by atoms with Gasteiger partial charge in [-0.15, -0.1) is 0 Å². The van der Waals surface area contributed by atoms with Crippen molar-refractivity contribution in [2.24, 2.45) is 0 Å². The number of anilines is 3. The molecule has 4 heterocycles. The Hall–Kier alpha value is -3.26. The van der Waals surface area contributed by atoms with Crippen LogP contribution >= 0.6 is 0 Å². The zero-order valence-electron chi connectivity index (χ0n) is 18.5. The number of amides is 1. The summed E-state index contributed by atoms with van der Waals surface area (Å²) in [6, 6.07) is 0.725. The van der Waals surface area contributed by atoms with Gasteiger partial charge in [0.15, 0.2) is 5.69 Å². The van der Waals surface area contributed by atoms with Crippen molar-refractivity contribution in [1.29, 1.82) is 0 Å². The molecule has 14 heteroatoms. The molecule has 2 saturated heterocycles. The van der Waals surface area contributed by atoms with Crippen LogP contribution in [0, 0.1) is 0 Å². The molecule has 0 aliphatic carbocycles. The predicted molar refractivity (Wildman–Crippen MR) is 114 cm³/mol. The van der Waals surface area contributed by atoms with E-state index < -0.39 is 47.7 Å². The number of hydrogen-bond acceptors (Lipinski definition) is 10. The number of hydrogen-bond donors (Lipinski definition) is 2. The maximum atomic E-state index is 13.7. The van der Waals surface area contributed by atoms with Crippen LogP contribution in [-0.2, 0) is 15.7 Å². The number of aromatic nitrogens is 4. The fourth-order valence-corrected chi connectivity index (χ4v) is 3.89. The highest BCUT2D eigenvalue weighted by Crippen LogP contribution is 2.37. The predicted octanol–water partition coefficient (Wildman–Crippen LogP) is 1.86. The van der Waals surface area contributed by atoms with Crippen molar-refractivity contribution in [3.63, 3.8) is 0 Å². The van der Waals surface area contributed by atoms with Crippen molar-refractivity contribution in [2.45, 2.75) is 44.7 Å². The molecule has 0 aromatic carbocycles. The summed E-state index contributed by atoms with van der Waals surface area (Å²) in [4.78, 5) is 31.6. The maximum absolute atomic E-state index is 13.7. The third kappa shape index (κ3) is 4.82. The van der Waals surface area contributed by atoms with Crippen molar-refractivity contribution in [3.8, 4) is 11.3 Å². The summed E-state index contributed by atoms with van der Waals surface area (Å²) in [5, 5.41) is 9.73. The number of carbonyl (C=O) groups excluding carboxylic acids is 1. The van der Waals surface area contributed by atoms with Crippen LogP contribution in [0.1, 0.15) is 26.0 Å². The average molecular weight is 483 g/mol. The molecule has 0 radical (unpaired) electrons. The Balaban J connectivity index is 1.83. The van der Waals surface area contributed by atoms with Gasteiger partial charge in [0.1, 0.15) is 11.9 Å². The van der Waals surface area contributed by atoms with E-state index in [4.69, 9.17) is 15.2 Å². The van der Waals surface area contributed by atoms with E-state index in [1.165, 1.54) is 11.0 Å². The molecule has 3 N–H and O–H groups in total. The molecular weight excluding hydrogens is 459 g/mol. The third-order valence-corrected chi connectivity index (χ3v) is 5.56. The van der Waals surface area contributed by atoms with Crippen LogP contribution in [0.15, 0.2) is 12.3 Å². The van der Waals surface area contributed by atoms with E-state index in [-0.39, 0.29) is 23.9 Å². The molecule has 3 atom stereocenters. The molecule has 2 aliphatic rings. The second-order valence-corrected chi connectivity index (χ2v) is 8.12. The van der Waals surface area contributed by atoms with Gasteiger partial charge < -0.3 is 25.2 Å². The molecule has 2 aromatic rings. The van der Waals surface area contributed by atoms with Crippen LogP contribution in [0.25, 0.3) is 11.3 Å². The number of rotatable bonds is 5. The molecule has 1 unspecified atom stereocenters. The van der Waals surface area contributed by atoms with Gasteiger partial charge in [0, 0.05) is 37.3 Å². The molecule has 1 amide bonds. The van der Waals surface area contributed by atoms with Gasteiger partial charge in [-0.1, -0.05) is 0 Å². The molecule has 0 spiro atoms. The molecule has 0 saturated carbocycles. The SMILES string of the molecule is C[C@H](O)CC1OC(=O)N(c2cc(-c3cnc(N)nc3C(F)(F)F)nc(N3CCOCC3)n2)[C@H]1C. The molecular formula is C20H24F3N7O4. The zero-order valence-corrected chi connectivity index (χ0v) is 18.5. The molecule has 34 heavy (non-hydrogen) atoms. The number of morpholine rings is 1. The van der Waals surface area contributed by atoms with E-state index in [0.29, 0.717) is 26.3 Å². The van der Waals surface area contributed by atoms with Crippen LogP contribution in [-0.4, -0.2) is 75.7 Å². The lowest BCUT2D eigenvalue weighted by Gasteiger charge is -2.28. The first kappa shape index (κ1) is 23.9. The second kappa shape index (κ2) is 9.18. The molecule has 0 bridgehead atoms. The number of halogens is 3. The quantitative estimate of drug-likeness (QED) is 0.648. The van der Waals surface area contributed by atoms with E-state index in [1.807, 2.05) is 0 Å². The van der Waals surface area contributed by atoms with Gasteiger partial charge in [0.05, 0.1) is 31.1 Å². The Morgan fingerprint density at radius 3 is 2.62 bits per heavy atom. The minimum Gasteiger partial charge on any atom is -0.443 e. The highest BCUT2D eigenvalue weighted by Gasteiger charge is 2.42. The van der Waals surface area contributed by atoms with Crippen LogP contribution in [0.2, 0.25) is 0 Å². The van der Waals surface area contributed by atoms with E-state index >= 15 is 0 Å². The lowest BCUT2D eigenvalue weighted by Crippen LogP contribution is -2.39. The highest BCUT2D eigenvalue weighted by atomic mass is 19.4. The van der Waals surface area contributed by atoms with Crippen molar-refractivity contribution in [1.82, 2.24) is 19.9 Å². The Kier molecular flexibility index (Phi) is 6.45. The first-order valence-electron chi connectivity index (χ1n) is 10.6. The van der Waals surface area contributed by atoms with Gasteiger partial charge in [-0.05, 0) is 13.8 Å². The van der Waals surface area contributed by atoms with Crippen LogP contribution in [0.5, 0.6) is 0 Å². The fourth-order valence-electron chi connectivity index (χ4n) is 3.89. The number of nitrogen functional groups attached to an aromatic ring is 1. The normalized spacial score (nSPS) is 22.1. The van der Waals surface area contributed by atoms with E-state index in [1.54, 1.807) is 18.7 Å². The fraction of sp³-hybridized carbons (Fsp3) is 0.550. The van der Waals surface area contributed by atoms with Gasteiger partial charge in [0.2, 0.25) is 11.9 Å². The average Bonchev–Trinajstić information content (AvgIpc) is 3.05. The minimum absolute atomic E-state index is 0.0574. The number of carbonyl (C=O) groups is 1. The summed E-state index contributed by atoms with van der Waals surface area (Å²) in [7, 11) is 0. The van der Waals surface area contributed by atoms with Gasteiger partial charge in [-0.2, -0.15) is 18.2 Å². The first-order chi connectivity index (χ1) is 16.0. The molecule has 11 nitrogen and oxygen atoms in total. The first-order valence-corrected chi connectivity index (χ1v) is 10.6. The van der Waals surface area contributed by atoms with Gasteiger partial charge >= 0.3 is 12.3 Å². The third-order valence-electron chi connectivity index (χ3n) is 5.56. The zero-order chi connectivity index (χ0) is 24.6. The lowest BCUT2D eigenvalue weighted by molar-refractivity contribution is -0.140. The minimum atomic E-state index is -4.82. The van der Waals surface area contributed by atoms with Crippen molar-refractivity contribution in [3.05, 3.63) is 18.0 Å². The monoisotopic (exact) mass is 483 g/mol. The Labute approximate surface area is 192 Å². The van der Waals surface area contributed by atoms with Crippen molar-refractivity contribution in [2.75, 3.05) is 41.8 Å². The van der Waals surface area contributed by atoms with Crippen LogP contribution in [0.4, 0.5) is 35.7 Å². The van der Waals surface area contributed by atoms with E-state index in [2.05, 4.69) is 19.9 Å². The maximum Gasteiger partial charge on any atom is 0.434 e. The molecule has 2 fully saturated rings. The summed E-state index contributed by atoms with van der Waals surface area (Å²) in [6.07, 6.45) is -5.74. The number of nitrogens with two attached hydrogens (primary N) is 1. The summed E-state index contributed by atoms with van der Waals surface area (Å²) < 4.78 is 52.0.